The number of hydrogen-bond donors (Lipinski definition) is 3. The Morgan fingerprint density at radius 2 is 1.81 bits per heavy atom. The second-order valence-electron chi connectivity index (χ2n) is 5.71. The van der Waals surface area contributed by atoms with Crippen LogP contribution in [0, 0.1) is 0 Å². The molecule has 0 radical (unpaired) electrons. The van der Waals surface area contributed by atoms with E-state index >= 15 is 0 Å². The highest BCUT2D eigenvalue weighted by Crippen LogP contribution is 2.36. The first-order valence-electron chi connectivity index (χ1n) is 7.84. The van der Waals surface area contributed by atoms with Gasteiger partial charge in [-0.05, 0) is 22.9 Å². The van der Waals surface area contributed by atoms with E-state index in [1.807, 2.05) is 40.3 Å². The number of carbonyl (C=O) groups excluding carboxylic acids is 1. The molecular weight excluding hydrogens is 356 g/mol. The first-order chi connectivity index (χ1) is 13.0. The van der Waals surface area contributed by atoms with Gasteiger partial charge in [0.05, 0.1) is 0 Å². The summed E-state index contributed by atoms with van der Waals surface area (Å²) in [5.41, 5.74) is -2.48. The van der Waals surface area contributed by atoms with E-state index in [9.17, 15) is 19.5 Å². The minimum absolute atomic E-state index is 0.0862. The van der Waals surface area contributed by atoms with Gasteiger partial charge < -0.3 is 14.6 Å². The molecule has 1 aliphatic rings. The van der Waals surface area contributed by atoms with E-state index in [4.69, 9.17) is 9.47 Å². The molecule has 0 spiro atoms. The smallest absolute Gasteiger partial charge is 0.328 e. The molecule has 2 heterocycles. The van der Waals surface area contributed by atoms with Gasteiger partial charge in [0.15, 0.2) is 11.5 Å². The van der Waals surface area contributed by atoms with Crippen LogP contribution in [0.3, 0.4) is 0 Å². The Morgan fingerprint density at radius 3 is 2.52 bits per heavy atom. The average molecular weight is 368 g/mol. The standard InChI is InChI=1S/C17H12N4O6/c22-14(21-20-13-15(23)18-17(25)19-16(13)24)12-7-26-10-5-8-3-1-2-4-9(8)6-11(10)27-12/h1-6,12H,7H2,(H3,18,19,23,24,25). The van der Waals surface area contributed by atoms with Gasteiger partial charge in [-0.1, -0.05) is 24.3 Å². The summed E-state index contributed by atoms with van der Waals surface area (Å²) in [5, 5.41) is 18.2. The number of fused-ring (bicyclic) bond motifs is 2. The second kappa shape index (κ2) is 6.41. The highest BCUT2D eigenvalue weighted by Gasteiger charge is 2.28. The van der Waals surface area contributed by atoms with Crippen molar-refractivity contribution in [2.24, 2.45) is 10.2 Å². The molecule has 10 heteroatoms. The van der Waals surface area contributed by atoms with Crippen LogP contribution < -0.4 is 20.7 Å². The molecular formula is C17H12N4O6. The molecule has 1 unspecified atom stereocenters. The first-order valence-corrected chi connectivity index (χ1v) is 7.84. The molecule has 136 valence electrons. The molecule has 4 rings (SSSR count). The number of rotatable bonds is 2. The predicted molar refractivity (Wildman–Crippen MR) is 92.7 cm³/mol. The van der Waals surface area contributed by atoms with E-state index in [0.717, 1.165) is 10.8 Å². The van der Waals surface area contributed by atoms with E-state index in [-0.39, 0.29) is 6.61 Å². The number of aromatic nitrogens is 2. The molecule has 3 aromatic rings. The van der Waals surface area contributed by atoms with Crippen LogP contribution in [0.25, 0.3) is 10.8 Å². The van der Waals surface area contributed by atoms with Crippen LogP contribution in [0.4, 0.5) is 5.69 Å². The van der Waals surface area contributed by atoms with E-state index < -0.39 is 34.8 Å². The Kier molecular flexibility index (Phi) is 3.92. The molecule has 3 N–H and O–H groups in total. The number of ether oxygens (including phenoxy) is 2. The number of nitrogens with one attached hydrogen (secondary N) is 2. The van der Waals surface area contributed by atoms with Crippen molar-refractivity contribution in [3.63, 3.8) is 0 Å². The number of hydrogen-bond acceptors (Lipinski definition) is 7. The summed E-state index contributed by atoms with van der Waals surface area (Å²) in [6.45, 7) is -0.0862. The van der Waals surface area contributed by atoms with Crippen LogP contribution in [0.5, 0.6) is 17.4 Å². The van der Waals surface area contributed by atoms with Crippen LogP contribution in [-0.4, -0.2) is 33.7 Å². The molecule has 27 heavy (non-hydrogen) atoms. The van der Waals surface area contributed by atoms with Crippen LogP contribution >= 0.6 is 0 Å². The maximum Gasteiger partial charge on any atom is 0.328 e. The fourth-order valence-corrected chi connectivity index (χ4v) is 2.60. The average Bonchev–Trinajstić information content (AvgIpc) is 2.64. The van der Waals surface area contributed by atoms with Gasteiger partial charge in [-0.15, -0.1) is 10.2 Å². The summed E-state index contributed by atoms with van der Waals surface area (Å²) in [5.74, 6) is -0.709. The molecule has 1 amide bonds. The third-order valence-corrected chi connectivity index (χ3v) is 3.89. The Morgan fingerprint density at radius 1 is 1.11 bits per heavy atom. The molecule has 0 saturated carbocycles. The van der Waals surface area contributed by atoms with Crippen LogP contribution in [-0.2, 0) is 4.79 Å². The number of aromatic hydroxyl groups is 1. The Hall–Kier alpha value is -3.95. The van der Waals surface area contributed by atoms with Gasteiger partial charge in [0.25, 0.3) is 5.56 Å². The lowest BCUT2D eigenvalue weighted by Crippen LogP contribution is -2.35. The molecule has 10 nitrogen and oxygen atoms in total. The molecule has 1 atom stereocenters. The van der Waals surface area contributed by atoms with E-state index in [1.54, 1.807) is 6.07 Å². The molecule has 1 aliphatic heterocycles. The summed E-state index contributed by atoms with van der Waals surface area (Å²) >= 11 is 0. The van der Waals surface area contributed by atoms with Crippen LogP contribution in [0.1, 0.15) is 0 Å². The van der Waals surface area contributed by atoms with Gasteiger partial charge in [-0.2, -0.15) is 0 Å². The topological polar surface area (TPSA) is 146 Å². The van der Waals surface area contributed by atoms with Gasteiger partial charge in [-0.3, -0.25) is 19.6 Å². The molecule has 0 bridgehead atoms. The Bertz CT molecular complexity index is 1200. The minimum Gasteiger partial charge on any atom is -0.493 e. The van der Waals surface area contributed by atoms with Crippen molar-refractivity contribution in [3.05, 3.63) is 57.2 Å². The van der Waals surface area contributed by atoms with Crippen LogP contribution in [0.2, 0.25) is 0 Å². The van der Waals surface area contributed by atoms with Crippen molar-refractivity contribution < 1.29 is 19.4 Å². The highest BCUT2D eigenvalue weighted by atomic mass is 16.6. The Labute approximate surface area is 150 Å². The van der Waals surface area contributed by atoms with E-state index in [2.05, 4.69) is 10.2 Å². The lowest BCUT2D eigenvalue weighted by molar-refractivity contribution is -0.127. The lowest BCUT2D eigenvalue weighted by Gasteiger charge is -2.24. The van der Waals surface area contributed by atoms with Crippen molar-refractivity contribution in [1.29, 1.82) is 0 Å². The van der Waals surface area contributed by atoms with E-state index in [0.29, 0.717) is 11.5 Å². The zero-order valence-corrected chi connectivity index (χ0v) is 13.6. The highest BCUT2D eigenvalue weighted by molar-refractivity contribution is 5.87. The van der Waals surface area contributed by atoms with Gasteiger partial charge in [0.2, 0.25) is 17.7 Å². The number of azo groups is 1. The van der Waals surface area contributed by atoms with Crippen molar-refractivity contribution in [1.82, 2.24) is 9.97 Å². The maximum atomic E-state index is 12.2. The molecule has 0 saturated heterocycles. The van der Waals surface area contributed by atoms with Crippen molar-refractivity contribution in [2.45, 2.75) is 6.10 Å². The number of nitrogens with zero attached hydrogens (tertiary/aromatic N) is 2. The largest absolute Gasteiger partial charge is 0.493 e. The third-order valence-electron chi connectivity index (χ3n) is 3.89. The minimum atomic E-state index is -1.06. The second-order valence-corrected chi connectivity index (χ2v) is 5.71. The lowest BCUT2D eigenvalue weighted by atomic mass is 10.1. The third kappa shape index (κ3) is 3.15. The zero-order valence-electron chi connectivity index (χ0n) is 13.6. The van der Waals surface area contributed by atoms with Gasteiger partial charge >= 0.3 is 11.6 Å². The summed E-state index contributed by atoms with van der Waals surface area (Å²) in [7, 11) is 0. The van der Waals surface area contributed by atoms with Crippen molar-refractivity contribution in [2.75, 3.05) is 6.61 Å². The fourth-order valence-electron chi connectivity index (χ4n) is 2.60. The maximum absolute atomic E-state index is 12.2. The molecule has 0 aliphatic carbocycles. The van der Waals surface area contributed by atoms with Crippen molar-refractivity contribution in [3.8, 4) is 17.4 Å². The predicted octanol–water partition coefficient (Wildman–Crippen LogP) is 1.37. The molecule has 0 fully saturated rings. The number of aromatic amines is 2. The summed E-state index contributed by atoms with van der Waals surface area (Å²) in [4.78, 5) is 38.6. The zero-order chi connectivity index (χ0) is 19.0. The Balaban J connectivity index is 1.57. The summed E-state index contributed by atoms with van der Waals surface area (Å²) in [6, 6.07) is 11.2. The van der Waals surface area contributed by atoms with Crippen LogP contribution in [0.15, 0.2) is 56.2 Å². The van der Waals surface area contributed by atoms with Crippen molar-refractivity contribution >= 4 is 22.4 Å². The van der Waals surface area contributed by atoms with Gasteiger partial charge in [-0.25, -0.2) is 4.79 Å². The monoisotopic (exact) mass is 368 g/mol. The first kappa shape index (κ1) is 16.5. The normalized spacial score (nSPS) is 15.9. The quantitative estimate of drug-likeness (QED) is 0.582. The summed E-state index contributed by atoms with van der Waals surface area (Å²) in [6.07, 6.45) is -1.06. The molecule has 1 aromatic heterocycles. The van der Waals surface area contributed by atoms with Gasteiger partial charge in [0.1, 0.15) is 6.61 Å². The number of amides is 1. The SMILES string of the molecule is O=C(N=Nc1c(O)[nH]c(=O)[nH]c1=O)C1COc2cc3ccccc3cc2O1. The fraction of sp³-hybridized carbons (Fsp3) is 0.118. The number of H-pyrrole nitrogens is 2. The number of benzene rings is 2. The number of carbonyl (C=O) groups is 1. The van der Waals surface area contributed by atoms with Gasteiger partial charge in [0, 0.05) is 0 Å². The summed E-state index contributed by atoms with van der Waals surface area (Å²) < 4.78 is 11.2. The van der Waals surface area contributed by atoms with E-state index in [1.165, 1.54) is 0 Å². The molecule has 2 aromatic carbocycles.